The van der Waals surface area contributed by atoms with Crippen LogP contribution in [0.5, 0.6) is 0 Å². The van der Waals surface area contributed by atoms with Gasteiger partial charge < -0.3 is 15.5 Å². The van der Waals surface area contributed by atoms with Gasteiger partial charge in [-0.05, 0) is 26.2 Å². The van der Waals surface area contributed by atoms with E-state index in [1.165, 1.54) is 0 Å². The van der Waals surface area contributed by atoms with E-state index < -0.39 is 0 Å². The van der Waals surface area contributed by atoms with Crippen LogP contribution in [0.4, 0.5) is 4.79 Å². The Morgan fingerprint density at radius 1 is 1.31 bits per heavy atom. The first-order valence-electron chi connectivity index (χ1n) is 6.04. The summed E-state index contributed by atoms with van der Waals surface area (Å²) in [6, 6.07) is -0.0116. The van der Waals surface area contributed by atoms with Gasteiger partial charge in [0.15, 0.2) is 0 Å². The summed E-state index contributed by atoms with van der Waals surface area (Å²) in [5, 5.41) is 5.58. The lowest BCUT2D eigenvalue weighted by molar-refractivity contribution is -0.131. The minimum Gasteiger partial charge on any atom is -0.340 e. The molecule has 0 aromatic carbocycles. The summed E-state index contributed by atoms with van der Waals surface area (Å²) in [6.07, 6.45) is 2.96. The SMILES string of the molecule is CCNC(=O)N[C@@H]1CCN(C(=O)C2CC2)C1. The van der Waals surface area contributed by atoms with Crippen molar-refractivity contribution >= 4 is 11.9 Å². The van der Waals surface area contributed by atoms with Gasteiger partial charge >= 0.3 is 6.03 Å². The van der Waals surface area contributed by atoms with E-state index in [-0.39, 0.29) is 23.9 Å². The fourth-order valence-electron chi connectivity index (χ4n) is 2.06. The summed E-state index contributed by atoms with van der Waals surface area (Å²) < 4.78 is 0. The van der Waals surface area contributed by atoms with Gasteiger partial charge in [0, 0.05) is 31.6 Å². The Morgan fingerprint density at radius 3 is 2.69 bits per heavy atom. The molecule has 2 N–H and O–H groups in total. The molecule has 0 radical (unpaired) electrons. The first kappa shape index (κ1) is 11.2. The fraction of sp³-hybridized carbons (Fsp3) is 0.818. The molecule has 5 nitrogen and oxygen atoms in total. The van der Waals surface area contributed by atoms with Gasteiger partial charge in [0.2, 0.25) is 5.91 Å². The highest BCUT2D eigenvalue weighted by atomic mass is 16.2. The van der Waals surface area contributed by atoms with Crippen molar-refractivity contribution in [1.82, 2.24) is 15.5 Å². The highest BCUT2D eigenvalue weighted by Gasteiger charge is 2.36. The molecular weight excluding hydrogens is 206 g/mol. The monoisotopic (exact) mass is 225 g/mol. The highest BCUT2D eigenvalue weighted by molar-refractivity contribution is 5.81. The number of nitrogens with one attached hydrogen (secondary N) is 2. The molecule has 5 heteroatoms. The Labute approximate surface area is 95.6 Å². The third kappa shape index (κ3) is 2.65. The van der Waals surface area contributed by atoms with E-state index in [2.05, 4.69) is 10.6 Å². The zero-order valence-corrected chi connectivity index (χ0v) is 9.66. The van der Waals surface area contributed by atoms with Gasteiger partial charge in [-0.1, -0.05) is 0 Å². The normalized spacial score (nSPS) is 24.3. The largest absolute Gasteiger partial charge is 0.340 e. The second-order valence-corrected chi connectivity index (χ2v) is 4.55. The Balaban J connectivity index is 1.74. The van der Waals surface area contributed by atoms with Gasteiger partial charge in [-0.15, -0.1) is 0 Å². The van der Waals surface area contributed by atoms with Gasteiger partial charge in [0.25, 0.3) is 0 Å². The number of hydrogen-bond donors (Lipinski definition) is 2. The Hall–Kier alpha value is -1.26. The van der Waals surface area contributed by atoms with Crippen LogP contribution >= 0.6 is 0 Å². The predicted molar refractivity (Wildman–Crippen MR) is 59.9 cm³/mol. The van der Waals surface area contributed by atoms with Crippen LogP contribution in [0.25, 0.3) is 0 Å². The Kier molecular flexibility index (Phi) is 3.31. The number of likely N-dealkylation sites (tertiary alicyclic amines) is 1. The molecule has 0 bridgehead atoms. The molecule has 3 amide bonds. The van der Waals surface area contributed by atoms with Crippen molar-refractivity contribution in [2.75, 3.05) is 19.6 Å². The molecule has 2 aliphatic rings. The van der Waals surface area contributed by atoms with Crippen molar-refractivity contribution in [2.24, 2.45) is 5.92 Å². The summed E-state index contributed by atoms with van der Waals surface area (Å²) in [4.78, 5) is 24.9. The number of carbonyl (C=O) groups excluding carboxylic acids is 2. The second kappa shape index (κ2) is 4.72. The van der Waals surface area contributed by atoms with Crippen LogP contribution < -0.4 is 10.6 Å². The Bertz CT molecular complexity index is 289. The number of nitrogens with zero attached hydrogens (tertiary/aromatic N) is 1. The lowest BCUT2D eigenvalue weighted by Crippen LogP contribution is -2.43. The van der Waals surface area contributed by atoms with Gasteiger partial charge in [0.05, 0.1) is 0 Å². The maximum Gasteiger partial charge on any atom is 0.315 e. The Morgan fingerprint density at radius 2 is 2.06 bits per heavy atom. The third-order valence-corrected chi connectivity index (χ3v) is 3.10. The average Bonchev–Trinajstić information content (AvgIpc) is 2.99. The zero-order chi connectivity index (χ0) is 11.5. The second-order valence-electron chi connectivity index (χ2n) is 4.55. The van der Waals surface area contributed by atoms with E-state index in [1.807, 2.05) is 11.8 Å². The molecule has 1 saturated heterocycles. The summed E-state index contributed by atoms with van der Waals surface area (Å²) >= 11 is 0. The lowest BCUT2D eigenvalue weighted by Gasteiger charge is -2.16. The van der Waals surface area contributed by atoms with Crippen LogP contribution in [0.2, 0.25) is 0 Å². The topological polar surface area (TPSA) is 61.4 Å². The predicted octanol–water partition coefficient (Wildman–Crippen LogP) is 0.316. The van der Waals surface area contributed by atoms with E-state index >= 15 is 0 Å². The van der Waals surface area contributed by atoms with Gasteiger partial charge in [-0.3, -0.25) is 4.79 Å². The average molecular weight is 225 g/mol. The van der Waals surface area contributed by atoms with Crippen LogP contribution in [0.1, 0.15) is 26.2 Å². The van der Waals surface area contributed by atoms with Crippen molar-refractivity contribution in [3.63, 3.8) is 0 Å². The van der Waals surface area contributed by atoms with Crippen molar-refractivity contribution in [2.45, 2.75) is 32.2 Å². The van der Waals surface area contributed by atoms with Crippen molar-refractivity contribution in [3.8, 4) is 0 Å². The molecular formula is C11H19N3O2. The highest BCUT2D eigenvalue weighted by Crippen LogP contribution is 2.32. The molecule has 0 aromatic heterocycles. The molecule has 1 aliphatic carbocycles. The van der Waals surface area contributed by atoms with E-state index in [1.54, 1.807) is 0 Å². The van der Waals surface area contributed by atoms with Crippen LogP contribution in [-0.4, -0.2) is 42.5 Å². The van der Waals surface area contributed by atoms with E-state index in [9.17, 15) is 9.59 Å². The molecule has 16 heavy (non-hydrogen) atoms. The van der Waals surface area contributed by atoms with Crippen LogP contribution in [-0.2, 0) is 4.79 Å². The summed E-state index contributed by atoms with van der Waals surface area (Å²) in [5.41, 5.74) is 0. The number of rotatable bonds is 3. The van der Waals surface area contributed by atoms with Crippen LogP contribution in [0.3, 0.4) is 0 Å². The molecule has 0 aromatic rings. The molecule has 1 aliphatic heterocycles. The lowest BCUT2D eigenvalue weighted by atomic mass is 10.3. The van der Waals surface area contributed by atoms with Crippen molar-refractivity contribution in [1.29, 1.82) is 0 Å². The summed E-state index contributed by atoms with van der Waals surface area (Å²) in [7, 11) is 0. The van der Waals surface area contributed by atoms with Crippen molar-refractivity contribution in [3.05, 3.63) is 0 Å². The first-order valence-corrected chi connectivity index (χ1v) is 6.04. The summed E-state index contributed by atoms with van der Waals surface area (Å²) in [6.45, 7) is 3.97. The molecule has 1 heterocycles. The standard InChI is InChI=1S/C11H19N3O2/c1-2-12-11(16)13-9-5-6-14(7-9)10(15)8-3-4-8/h8-9H,2-7H2,1H3,(H2,12,13,16)/t9-/m1/s1. The number of urea groups is 1. The van der Waals surface area contributed by atoms with Gasteiger partial charge in [0.1, 0.15) is 0 Å². The molecule has 1 atom stereocenters. The van der Waals surface area contributed by atoms with Gasteiger partial charge in [-0.2, -0.15) is 0 Å². The molecule has 2 fully saturated rings. The third-order valence-electron chi connectivity index (χ3n) is 3.10. The van der Waals surface area contributed by atoms with Crippen molar-refractivity contribution < 1.29 is 9.59 Å². The number of amides is 3. The van der Waals surface area contributed by atoms with E-state index in [4.69, 9.17) is 0 Å². The molecule has 1 saturated carbocycles. The van der Waals surface area contributed by atoms with Gasteiger partial charge in [-0.25, -0.2) is 4.79 Å². The van der Waals surface area contributed by atoms with E-state index in [0.717, 1.165) is 25.8 Å². The molecule has 0 unspecified atom stereocenters. The minimum atomic E-state index is -0.131. The first-order chi connectivity index (χ1) is 7.70. The quantitative estimate of drug-likeness (QED) is 0.726. The summed E-state index contributed by atoms with van der Waals surface area (Å²) in [5.74, 6) is 0.559. The maximum absolute atomic E-state index is 11.8. The molecule has 90 valence electrons. The minimum absolute atomic E-state index is 0.120. The van der Waals surface area contributed by atoms with E-state index in [0.29, 0.717) is 13.1 Å². The maximum atomic E-state index is 11.8. The smallest absolute Gasteiger partial charge is 0.315 e. The zero-order valence-electron chi connectivity index (χ0n) is 9.66. The molecule has 2 rings (SSSR count). The van der Waals surface area contributed by atoms with Crippen LogP contribution in [0, 0.1) is 5.92 Å². The van der Waals surface area contributed by atoms with Crippen LogP contribution in [0.15, 0.2) is 0 Å². The number of hydrogen-bond acceptors (Lipinski definition) is 2. The molecule has 0 spiro atoms. The number of carbonyl (C=O) groups is 2. The fourth-order valence-corrected chi connectivity index (χ4v) is 2.06.